The SMILES string of the molecule is N#CC1(NS(=O)(=O)c2ccc3c(c2)[nH]c2ncnc(N4CCC(O)(C(F)(F)F)CC4)c23)CC1. The van der Waals surface area contributed by atoms with Crippen LogP contribution in [0.25, 0.3) is 21.9 Å². The van der Waals surface area contributed by atoms with E-state index < -0.39 is 40.2 Å². The second-order valence-corrected chi connectivity index (χ2v) is 10.3. The van der Waals surface area contributed by atoms with Crippen molar-refractivity contribution in [2.75, 3.05) is 18.0 Å². The maximum Gasteiger partial charge on any atom is 0.417 e. The molecule has 3 heterocycles. The lowest BCUT2D eigenvalue weighted by Crippen LogP contribution is -2.53. The molecule has 3 N–H and O–H groups in total. The van der Waals surface area contributed by atoms with Crippen LogP contribution in [0.1, 0.15) is 25.7 Å². The molecule has 2 aromatic heterocycles. The van der Waals surface area contributed by atoms with Crippen LogP contribution in [0.2, 0.25) is 0 Å². The minimum absolute atomic E-state index is 0.0224. The number of nitrogens with zero attached hydrogens (tertiary/aromatic N) is 4. The molecule has 1 saturated heterocycles. The van der Waals surface area contributed by atoms with E-state index in [1.165, 1.54) is 18.5 Å². The fourth-order valence-corrected chi connectivity index (χ4v) is 5.55. The van der Waals surface area contributed by atoms with E-state index in [1.54, 1.807) is 11.0 Å². The molecule has 2 aliphatic rings. The van der Waals surface area contributed by atoms with E-state index in [-0.39, 0.29) is 18.0 Å². The topological polar surface area (TPSA) is 135 Å². The Morgan fingerprint density at radius 3 is 2.48 bits per heavy atom. The first-order valence-electron chi connectivity index (χ1n) is 10.2. The van der Waals surface area contributed by atoms with Crippen molar-refractivity contribution < 1.29 is 26.7 Å². The van der Waals surface area contributed by atoms with Crippen LogP contribution >= 0.6 is 0 Å². The number of H-pyrrole nitrogens is 1. The standard InChI is InChI=1S/C20H19F3N6O3S/c21-20(22,23)19(30)5-7-29(8-6-19)17-15-13-2-1-12(9-14(13)27-16(15)25-11-26-17)33(31,32)28-18(10-24)3-4-18/h1-2,9,11,28,30H,3-8H2,(H,25,26,27). The van der Waals surface area contributed by atoms with Crippen molar-refractivity contribution in [3.63, 3.8) is 0 Å². The van der Waals surface area contributed by atoms with Gasteiger partial charge >= 0.3 is 6.18 Å². The van der Waals surface area contributed by atoms with Crippen LogP contribution in [-0.2, 0) is 10.0 Å². The molecule has 13 heteroatoms. The summed E-state index contributed by atoms with van der Waals surface area (Å²) in [4.78, 5) is 13.1. The number of aliphatic hydroxyl groups is 1. The number of sulfonamides is 1. The number of hydrogen-bond donors (Lipinski definition) is 3. The van der Waals surface area contributed by atoms with Crippen molar-refractivity contribution in [1.82, 2.24) is 19.7 Å². The Hall–Kier alpha value is -2.95. The van der Waals surface area contributed by atoms with Gasteiger partial charge in [-0.25, -0.2) is 18.4 Å². The molecule has 0 atom stereocenters. The van der Waals surface area contributed by atoms with Crippen molar-refractivity contribution in [2.45, 2.75) is 47.9 Å². The quantitative estimate of drug-likeness (QED) is 0.522. The van der Waals surface area contributed by atoms with Gasteiger partial charge in [-0.05, 0) is 25.0 Å². The number of benzene rings is 1. The molecule has 3 aromatic rings. The Morgan fingerprint density at radius 2 is 1.88 bits per heavy atom. The van der Waals surface area contributed by atoms with Gasteiger partial charge in [0.25, 0.3) is 0 Å². The molecule has 5 rings (SSSR count). The molecule has 1 aromatic carbocycles. The third kappa shape index (κ3) is 3.58. The van der Waals surface area contributed by atoms with Gasteiger partial charge in [0, 0.05) is 36.8 Å². The lowest BCUT2D eigenvalue weighted by atomic mass is 9.90. The number of anilines is 1. The van der Waals surface area contributed by atoms with E-state index in [2.05, 4.69) is 19.7 Å². The molecule has 1 saturated carbocycles. The summed E-state index contributed by atoms with van der Waals surface area (Å²) in [5.74, 6) is 0.408. The molecule has 174 valence electrons. The van der Waals surface area contributed by atoms with Crippen LogP contribution in [0.5, 0.6) is 0 Å². The average Bonchev–Trinajstić information content (AvgIpc) is 3.42. The average molecular weight is 480 g/mol. The summed E-state index contributed by atoms with van der Waals surface area (Å²) < 4.78 is 67.4. The van der Waals surface area contributed by atoms with Crippen LogP contribution in [0.3, 0.4) is 0 Å². The molecule has 9 nitrogen and oxygen atoms in total. The number of nitrogens with one attached hydrogen (secondary N) is 2. The Labute approximate surface area is 186 Å². The van der Waals surface area contributed by atoms with Gasteiger partial charge in [-0.3, -0.25) is 0 Å². The number of hydrogen-bond acceptors (Lipinski definition) is 7. The maximum atomic E-state index is 13.2. The highest BCUT2D eigenvalue weighted by molar-refractivity contribution is 7.89. The largest absolute Gasteiger partial charge is 0.417 e. The van der Waals surface area contributed by atoms with Crippen molar-refractivity contribution in [1.29, 1.82) is 5.26 Å². The van der Waals surface area contributed by atoms with Crippen LogP contribution in [-0.4, -0.2) is 58.9 Å². The van der Waals surface area contributed by atoms with Gasteiger partial charge in [-0.1, -0.05) is 6.07 Å². The number of alkyl halides is 3. The van der Waals surface area contributed by atoms with E-state index in [4.69, 9.17) is 0 Å². The Morgan fingerprint density at radius 1 is 1.18 bits per heavy atom. The van der Waals surface area contributed by atoms with Crippen molar-refractivity contribution in [2.24, 2.45) is 0 Å². The van der Waals surface area contributed by atoms with Gasteiger partial charge in [0.1, 0.15) is 23.3 Å². The van der Waals surface area contributed by atoms with E-state index in [0.717, 1.165) is 0 Å². The molecular weight excluding hydrogens is 461 g/mol. The van der Waals surface area contributed by atoms with Crippen molar-refractivity contribution >= 4 is 37.8 Å². The van der Waals surface area contributed by atoms with Gasteiger partial charge in [0.15, 0.2) is 5.60 Å². The van der Waals surface area contributed by atoms with Gasteiger partial charge in [-0.2, -0.15) is 23.2 Å². The predicted molar refractivity (Wildman–Crippen MR) is 112 cm³/mol. The van der Waals surface area contributed by atoms with E-state index in [9.17, 15) is 32.0 Å². The van der Waals surface area contributed by atoms with E-state index in [1.807, 2.05) is 6.07 Å². The van der Waals surface area contributed by atoms with Crippen LogP contribution in [0.15, 0.2) is 29.4 Å². The molecular formula is C20H19F3N6O3S. The Balaban J connectivity index is 1.50. The number of halogens is 3. The Kier molecular flexibility index (Phi) is 4.65. The van der Waals surface area contributed by atoms with Gasteiger partial charge in [-0.15, -0.1) is 0 Å². The highest BCUT2D eigenvalue weighted by atomic mass is 32.2. The highest BCUT2D eigenvalue weighted by Crippen LogP contribution is 2.41. The molecule has 0 bridgehead atoms. The number of aromatic nitrogens is 3. The zero-order valence-corrected chi connectivity index (χ0v) is 18.0. The fraction of sp³-hybridized carbons (Fsp3) is 0.450. The smallest absolute Gasteiger partial charge is 0.380 e. The number of piperidine rings is 1. The second kappa shape index (κ2) is 7.02. The minimum atomic E-state index is -4.71. The summed E-state index contributed by atoms with van der Waals surface area (Å²) in [6.07, 6.45) is -3.49. The number of fused-ring (bicyclic) bond motifs is 3. The predicted octanol–water partition coefficient (Wildman–Crippen LogP) is 2.34. The second-order valence-electron chi connectivity index (χ2n) is 8.57. The van der Waals surface area contributed by atoms with Gasteiger partial charge in [0.2, 0.25) is 10.0 Å². The van der Waals surface area contributed by atoms with Gasteiger partial charge < -0.3 is 15.0 Å². The summed E-state index contributed by atoms with van der Waals surface area (Å²) in [5.41, 5.74) is -2.92. The molecule has 33 heavy (non-hydrogen) atoms. The van der Waals surface area contributed by atoms with Crippen LogP contribution in [0, 0.1) is 11.3 Å². The normalized spacial score (nSPS) is 20.2. The zero-order chi connectivity index (χ0) is 23.6. The number of nitriles is 1. The van der Waals surface area contributed by atoms with E-state index in [0.29, 0.717) is 40.6 Å². The Bertz CT molecular complexity index is 1400. The summed E-state index contributed by atoms with van der Waals surface area (Å²) in [6.45, 7) is -0.108. The molecule has 0 unspecified atom stereocenters. The first-order chi connectivity index (χ1) is 15.5. The third-order valence-corrected chi connectivity index (χ3v) is 7.90. The monoisotopic (exact) mass is 480 g/mol. The van der Waals surface area contributed by atoms with Gasteiger partial charge in [0.05, 0.1) is 16.4 Å². The first-order valence-corrected chi connectivity index (χ1v) is 11.7. The molecule has 0 amide bonds. The molecule has 2 fully saturated rings. The van der Waals surface area contributed by atoms with Crippen molar-refractivity contribution in [3.8, 4) is 6.07 Å². The summed E-state index contributed by atoms with van der Waals surface area (Å²) in [6, 6.07) is 6.40. The molecule has 0 spiro atoms. The van der Waals surface area contributed by atoms with Crippen molar-refractivity contribution in [3.05, 3.63) is 24.5 Å². The summed E-state index contributed by atoms with van der Waals surface area (Å²) in [5, 5.41) is 20.3. The molecule has 1 aliphatic carbocycles. The van der Waals surface area contributed by atoms with Crippen LogP contribution < -0.4 is 9.62 Å². The first kappa shape index (κ1) is 21.9. The number of rotatable bonds is 4. The lowest BCUT2D eigenvalue weighted by Gasteiger charge is -2.39. The molecule has 1 aliphatic heterocycles. The summed E-state index contributed by atoms with van der Waals surface area (Å²) >= 11 is 0. The fourth-order valence-electron chi connectivity index (χ4n) is 4.15. The lowest BCUT2D eigenvalue weighted by molar-refractivity contribution is -0.266. The molecule has 0 radical (unpaired) electrons. The summed E-state index contributed by atoms with van der Waals surface area (Å²) in [7, 11) is -3.93. The number of aromatic amines is 1. The minimum Gasteiger partial charge on any atom is -0.380 e. The highest BCUT2D eigenvalue weighted by Gasteiger charge is 2.54. The maximum absolute atomic E-state index is 13.2. The van der Waals surface area contributed by atoms with E-state index >= 15 is 0 Å². The zero-order valence-electron chi connectivity index (χ0n) is 17.1. The third-order valence-electron chi connectivity index (χ3n) is 6.36. The van der Waals surface area contributed by atoms with Crippen LogP contribution in [0.4, 0.5) is 19.0 Å².